The minimum absolute atomic E-state index is 0.0685. The highest BCUT2D eigenvalue weighted by Gasteiger charge is 2.01. The first kappa shape index (κ1) is 11.2. The van der Waals surface area contributed by atoms with Crippen LogP contribution in [-0.4, -0.2) is 4.98 Å². The largest absolute Gasteiger partial charge is 0.340 e. The molecule has 16 heavy (non-hydrogen) atoms. The van der Waals surface area contributed by atoms with E-state index in [0.717, 1.165) is 0 Å². The number of pyridine rings is 1. The van der Waals surface area contributed by atoms with Gasteiger partial charge in [-0.25, -0.2) is 9.37 Å². The lowest BCUT2D eigenvalue weighted by Crippen LogP contribution is -1.93. The molecule has 1 aromatic carbocycles. The summed E-state index contributed by atoms with van der Waals surface area (Å²) in [6.45, 7) is 0. The fourth-order valence-electron chi connectivity index (χ4n) is 1.17. The highest BCUT2D eigenvalue weighted by Crippen LogP contribution is 2.22. The first-order valence-electron chi connectivity index (χ1n) is 4.49. The molecule has 0 amide bonds. The quantitative estimate of drug-likeness (QED) is 0.868. The average Bonchev–Trinajstić information content (AvgIpc) is 2.27. The minimum Gasteiger partial charge on any atom is -0.340 e. The maximum absolute atomic E-state index is 12.9. The van der Waals surface area contributed by atoms with Crippen molar-refractivity contribution < 1.29 is 4.39 Å². The monoisotopic (exact) mass is 256 g/mol. The van der Waals surface area contributed by atoms with Crippen molar-refractivity contribution in [3.05, 3.63) is 52.4 Å². The highest BCUT2D eigenvalue weighted by atomic mass is 35.5. The first-order valence-corrected chi connectivity index (χ1v) is 5.24. The molecule has 0 aliphatic rings. The molecule has 2 aromatic rings. The molecule has 5 heteroatoms. The number of hydrogen-bond donors (Lipinski definition) is 1. The van der Waals surface area contributed by atoms with Gasteiger partial charge in [-0.1, -0.05) is 23.2 Å². The Bertz CT molecular complexity index is 500. The summed E-state index contributed by atoms with van der Waals surface area (Å²) in [6, 6.07) is 7.80. The van der Waals surface area contributed by atoms with Gasteiger partial charge in [-0.15, -0.1) is 0 Å². The second-order valence-electron chi connectivity index (χ2n) is 3.12. The van der Waals surface area contributed by atoms with Crippen molar-refractivity contribution in [2.75, 3.05) is 5.32 Å². The topological polar surface area (TPSA) is 24.9 Å². The SMILES string of the molecule is Fc1ccc(Nc2ccc(Cl)cn2)cc1Cl. The molecule has 0 unspecified atom stereocenters. The third kappa shape index (κ3) is 2.62. The van der Waals surface area contributed by atoms with E-state index in [1.165, 1.54) is 18.3 Å². The Morgan fingerprint density at radius 2 is 1.94 bits per heavy atom. The van der Waals surface area contributed by atoms with E-state index in [4.69, 9.17) is 23.2 Å². The Morgan fingerprint density at radius 1 is 1.12 bits per heavy atom. The summed E-state index contributed by atoms with van der Waals surface area (Å²) in [5.41, 5.74) is 0.668. The van der Waals surface area contributed by atoms with Crippen LogP contribution in [0.2, 0.25) is 10.0 Å². The third-order valence-electron chi connectivity index (χ3n) is 1.92. The van der Waals surface area contributed by atoms with Gasteiger partial charge in [0.15, 0.2) is 0 Å². The van der Waals surface area contributed by atoms with Crippen molar-refractivity contribution in [3.8, 4) is 0 Å². The standard InChI is InChI=1S/C11H7Cl2FN2/c12-7-1-4-11(15-6-7)16-8-2-3-10(14)9(13)5-8/h1-6H,(H,15,16). The Hall–Kier alpha value is -1.32. The van der Waals surface area contributed by atoms with Gasteiger partial charge in [0, 0.05) is 11.9 Å². The third-order valence-corrected chi connectivity index (χ3v) is 2.43. The zero-order chi connectivity index (χ0) is 11.5. The Morgan fingerprint density at radius 3 is 2.56 bits per heavy atom. The molecule has 0 spiro atoms. The predicted octanol–water partition coefficient (Wildman–Crippen LogP) is 4.27. The average molecular weight is 257 g/mol. The van der Waals surface area contributed by atoms with E-state index in [-0.39, 0.29) is 5.02 Å². The number of nitrogens with one attached hydrogen (secondary N) is 1. The van der Waals surface area contributed by atoms with E-state index in [9.17, 15) is 4.39 Å². The maximum Gasteiger partial charge on any atom is 0.141 e. The van der Waals surface area contributed by atoms with Crippen molar-refractivity contribution in [1.82, 2.24) is 4.98 Å². The number of anilines is 2. The van der Waals surface area contributed by atoms with E-state index < -0.39 is 5.82 Å². The highest BCUT2D eigenvalue weighted by molar-refractivity contribution is 6.31. The molecule has 0 saturated heterocycles. The zero-order valence-corrected chi connectivity index (χ0v) is 9.56. The summed E-state index contributed by atoms with van der Waals surface area (Å²) in [5.74, 6) is 0.170. The molecule has 1 N–H and O–H groups in total. The van der Waals surface area contributed by atoms with E-state index >= 15 is 0 Å². The smallest absolute Gasteiger partial charge is 0.141 e. The second kappa shape index (κ2) is 4.68. The van der Waals surface area contributed by atoms with Gasteiger partial charge < -0.3 is 5.32 Å². The molecule has 0 atom stereocenters. The van der Waals surface area contributed by atoms with Crippen molar-refractivity contribution in [1.29, 1.82) is 0 Å². The number of rotatable bonds is 2. The summed E-state index contributed by atoms with van der Waals surface area (Å²) in [5, 5.41) is 3.60. The Balaban J connectivity index is 2.20. The van der Waals surface area contributed by atoms with Crippen LogP contribution in [0.1, 0.15) is 0 Å². The summed E-state index contributed by atoms with van der Waals surface area (Å²) in [4.78, 5) is 4.05. The van der Waals surface area contributed by atoms with Crippen LogP contribution in [0.3, 0.4) is 0 Å². The van der Waals surface area contributed by atoms with Crippen LogP contribution in [0.25, 0.3) is 0 Å². The van der Waals surface area contributed by atoms with Gasteiger partial charge >= 0.3 is 0 Å². The Kier molecular flexibility index (Phi) is 3.27. The van der Waals surface area contributed by atoms with Crippen LogP contribution in [0.5, 0.6) is 0 Å². The normalized spacial score (nSPS) is 10.2. The van der Waals surface area contributed by atoms with Crippen LogP contribution in [0, 0.1) is 5.82 Å². The molecule has 1 heterocycles. The molecule has 0 fully saturated rings. The van der Waals surface area contributed by atoms with Crippen LogP contribution >= 0.6 is 23.2 Å². The van der Waals surface area contributed by atoms with Crippen LogP contribution < -0.4 is 5.32 Å². The number of nitrogens with zero attached hydrogens (tertiary/aromatic N) is 1. The van der Waals surface area contributed by atoms with E-state index in [2.05, 4.69) is 10.3 Å². The zero-order valence-electron chi connectivity index (χ0n) is 8.05. The molecule has 1 aromatic heterocycles. The van der Waals surface area contributed by atoms with Gasteiger partial charge in [-0.3, -0.25) is 0 Å². The molecule has 2 nitrogen and oxygen atoms in total. The minimum atomic E-state index is -0.448. The van der Waals surface area contributed by atoms with Crippen molar-refractivity contribution in [2.45, 2.75) is 0 Å². The molecule has 0 aliphatic carbocycles. The lowest BCUT2D eigenvalue weighted by molar-refractivity contribution is 0.628. The molecule has 2 rings (SSSR count). The lowest BCUT2D eigenvalue weighted by atomic mass is 10.3. The van der Waals surface area contributed by atoms with E-state index in [1.54, 1.807) is 18.2 Å². The van der Waals surface area contributed by atoms with Gasteiger partial charge in [0.2, 0.25) is 0 Å². The fourth-order valence-corrected chi connectivity index (χ4v) is 1.46. The number of aromatic nitrogens is 1. The van der Waals surface area contributed by atoms with Crippen molar-refractivity contribution in [2.24, 2.45) is 0 Å². The second-order valence-corrected chi connectivity index (χ2v) is 3.96. The van der Waals surface area contributed by atoms with Gasteiger partial charge in [0.1, 0.15) is 11.6 Å². The number of hydrogen-bond acceptors (Lipinski definition) is 2. The summed E-state index contributed by atoms with van der Waals surface area (Å²) < 4.78 is 12.9. The van der Waals surface area contributed by atoms with Crippen LogP contribution in [0.4, 0.5) is 15.9 Å². The maximum atomic E-state index is 12.9. The Labute approximate surface area is 102 Å². The van der Waals surface area contributed by atoms with E-state index in [1.807, 2.05) is 0 Å². The van der Waals surface area contributed by atoms with E-state index in [0.29, 0.717) is 16.5 Å². The van der Waals surface area contributed by atoms with Crippen molar-refractivity contribution in [3.63, 3.8) is 0 Å². The molecule has 82 valence electrons. The van der Waals surface area contributed by atoms with Crippen molar-refractivity contribution >= 4 is 34.7 Å². The van der Waals surface area contributed by atoms with Crippen LogP contribution in [-0.2, 0) is 0 Å². The molecule has 0 aliphatic heterocycles. The molecule has 0 saturated carbocycles. The van der Waals surface area contributed by atoms with Crippen LogP contribution in [0.15, 0.2) is 36.5 Å². The van der Waals surface area contributed by atoms with Gasteiger partial charge in [-0.2, -0.15) is 0 Å². The molecular weight excluding hydrogens is 250 g/mol. The molecule has 0 bridgehead atoms. The summed E-state index contributed by atoms with van der Waals surface area (Å²) in [6.07, 6.45) is 1.52. The number of halogens is 3. The lowest BCUT2D eigenvalue weighted by Gasteiger charge is -2.05. The molecular formula is C11H7Cl2FN2. The predicted molar refractivity (Wildman–Crippen MR) is 63.9 cm³/mol. The fraction of sp³-hybridized carbons (Fsp3) is 0. The molecule has 0 radical (unpaired) electrons. The summed E-state index contributed by atoms with van der Waals surface area (Å²) >= 11 is 11.3. The number of benzene rings is 1. The van der Waals surface area contributed by atoms with Gasteiger partial charge in [0.05, 0.1) is 10.0 Å². The first-order chi connectivity index (χ1) is 7.65. The van der Waals surface area contributed by atoms with Gasteiger partial charge in [0.25, 0.3) is 0 Å². The summed E-state index contributed by atoms with van der Waals surface area (Å²) in [7, 11) is 0. The van der Waals surface area contributed by atoms with Gasteiger partial charge in [-0.05, 0) is 30.3 Å².